The Labute approximate surface area is 268 Å². The van der Waals surface area contributed by atoms with Crippen molar-refractivity contribution in [2.24, 2.45) is 0 Å². The van der Waals surface area contributed by atoms with Crippen molar-refractivity contribution >= 4 is 45.0 Å². The van der Waals surface area contributed by atoms with Crippen LogP contribution in [0, 0.1) is 0 Å². The third-order valence-corrected chi connectivity index (χ3v) is 8.07. The Morgan fingerprint density at radius 1 is 0.936 bits per heavy atom. The monoisotopic (exact) mass is 646 g/mol. The van der Waals surface area contributed by atoms with E-state index in [2.05, 4.69) is 25.6 Å². The molecule has 6 rings (SSSR count). The van der Waals surface area contributed by atoms with Gasteiger partial charge in [-0.1, -0.05) is 6.92 Å². The Morgan fingerprint density at radius 2 is 1.70 bits per heavy atom. The summed E-state index contributed by atoms with van der Waals surface area (Å²) in [6, 6.07) is 14.7. The molecule has 1 aliphatic rings. The van der Waals surface area contributed by atoms with E-state index in [-0.39, 0.29) is 29.3 Å². The van der Waals surface area contributed by atoms with Gasteiger partial charge in [0.1, 0.15) is 11.5 Å². The number of halogens is 3. The number of hydrogen-bond donors (Lipinski definition) is 2. The summed E-state index contributed by atoms with van der Waals surface area (Å²) in [5.74, 6) is 2.29. The topological polar surface area (TPSA) is 111 Å². The molecule has 3 aromatic carbocycles. The van der Waals surface area contributed by atoms with Gasteiger partial charge in [-0.3, -0.25) is 9.78 Å². The number of hydrogen-bond acceptors (Lipinski definition) is 9. The number of nitrogens with zero attached hydrogens (tertiary/aromatic N) is 4. The number of pyridine rings is 1. The number of amides is 1. The molecule has 244 valence electrons. The Hall–Kier alpha value is -5.33. The average molecular weight is 647 g/mol. The van der Waals surface area contributed by atoms with E-state index in [1.807, 2.05) is 0 Å². The van der Waals surface area contributed by atoms with Gasteiger partial charge in [0.15, 0.2) is 11.5 Å². The first-order valence-electron chi connectivity index (χ1n) is 15.1. The van der Waals surface area contributed by atoms with E-state index in [4.69, 9.17) is 14.2 Å². The van der Waals surface area contributed by atoms with Gasteiger partial charge in [0.05, 0.1) is 30.8 Å². The van der Waals surface area contributed by atoms with Crippen LogP contribution in [0.15, 0.2) is 67.0 Å². The van der Waals surface area contributed by atoms with Gasteiger partial charge >= 0.3 is 6.18 Å². The molecule has 1 fully saturated rings. The maximum atomic E-state index is 14.2. The number of ether oxygens (including phenoxy) is 3. The van der Waals surface area contributed by atoms with Crippen LogP contribution in [0.4, 0.5) is 30.5 Å². The number of alkyl halides is 3. The lowest BCUT2D eigenvalue weighted by Crippen LogP contribution is -2.45. The Bertz CT molecular complexity index is 1930. The summed E-state index contributed by atoms with van der Waals surface area (Å²) in [6.07, 6.45) is 0.169. The first-order valence-corrected chi connectivity index (χ1v) is 15.1. The number of piperidine rings is 1. The highest BCUT2D eigenvalue weighted by atomic mass is 19.4. The zero-order chi connectivity index (χ0) is 33.1. The van der Waals surface area contributed by atoms with E-state index in [1.165, 1.54) is 6.07 Å². The molecule has 0 radical (unpaired) electrons. The minimum absolute atomic E-state index is 0.0362. The predicted octanol–water partition coefficient (Wildman–Crippen LogP) is 7.24. The van der Waals surface area contributed by atoms with Crippen LogP contribution >= 0.6 is 0 Å². The van der Waals surface area contributed by atoms with E-state index in [0.717, 1.165) is 11.5 Å². The molecule has 0 atom stereocenters. The smallest absolute Gasteiger partial charge is 0.418 e. The highest BCUT2D eigenvalue weighted by molar-refractivity contribution is 5.89. The average Bonchev–Trinajstić information content (AvgIpc) is 3.07. The fourth-order valence-electron chi connectivity index (χ4n) is 5.64. The molecule has 1 saturated heterocycles. The predicted molar refractivity (Wildman–Crippen MR) is 173 cm³/mol. The molecule has 1 aliphatic heterocycles. The lowest BCUT2D eigenvalue weighted by molar-refractivity contribution is -0.137. The quantitative estimate of drug-likeness (QED) is 0.171. The summed E-state index contributed by atoms with van der Waals surface area (Å²) < 4.78 is 59.6. The summed E-state index contributed by atoms with van der Waals surface area (Å²) in [4.78, 5) is 26.7. The van der Waals surface area contributed by atoms with Crippen molar-refractivity contribution in [3.05, 3.63) is 72.6 Å². The highest BCUT2D eigenvalue weighted by Crippen LogP contribution is 2.40. The van der Waals surface area contributed by atoms with Crippen LogP contribution in [0.3, 0.4) is 0 Å². The van der Waals surface area contributed by atoms with Crippen LogP contribution in [0.25, 0.3) is 21.8 Å². The number of benzene rings is 3. The van der Waals surface area contributed by atoms with Crippen molar-refractivity contribution < 1.29 is 32.2 Å². The fourth-order valence-corrected chi connectivity index (χ4v) is 5.64. The second-order valence-corrected chi connectivity index (χ2v) is 11.1. The molecule has 0 spiro atoms. The van der Waals surface area contributed by atoms with Crippen LogP contribution in [0.1, 0.15) is 31.7 Å². The number of methoxy groups -OCH3 is 2. The van der Waals surface area contributed by atoms with Crippen LogP contribution < -0.4 is 29.7 Å². The largest absolute Gasteiger partial charge is 0.493 e. The van der Waals surface area contributed by atoms with Crippen molar-refractivity contribution in [2.75, 3.05) is 37.5 Å². The van der Waals surface area contributed by atoms with Crippen LogP contribution in [-0.2, 0) is 11.0 Å². The molecule has 10 nitrogen and oxygen atoms in total. The standard InChI is InChI=1S/C34H33F3N6O4/c1-4-32(44)40-21-10-13-43(14-11-21)28-8-5-22(16-25(28)34(35,36)37)41-33-39-19-20-15-23(6-7-26(20)42-33)47-29-9-12-38-27-18-31(46-3)30(45-2)17-24(27)29/h5-9,12,15-19,21H,4,10-11,13-14H2,1-3H3,(H,40,44)(H,39,41,42). The molecule has 2 aromatic heterocycles. The van der Waals surface area contributed by atoms with Crippen LogP contribution in [0.2, 0.25) is 0 Å². The second kappa shape index (κ2) is 13.2. The van der Waals surface area contributed by atoms with Gasteiger partial charge in [-0.05, 0) is 61.4 Å². The Balaban J connectivity index is 1.19. The molecule has 0 unspecified atom stereocenters. The zero-order valence-electron chi connectivity index (χ0n) is 26.0. The lowest BCUT2D eigenvalue weighted by atomic mass is 10.0. The van der Waals surface area contributed by atoms with Gasteiger partial charge in [0, 0.05) is 66.2 Å². The maximum absolute atomic E-state index is 14.2. The van der Waals surface area contributed by atoms with Gasteiger partial charge in [-0.15, -0.1) is 0 Å². The third-order valence-electron chi connectivity index (χ3n) is 8.07. The summed E-state index contributed by atoms with van der Waals surface area (Å²) in [5.41, 5.74) is 0.813. The van der Waals surface area contributed by atoms with Crippen molar-refractivity contribution in [3.8, 4) is 23.0 Å². The molecule has 13 heteroatoms. The molecular weight excluding hydrogens is 613 g/mol. The normalized spacial score (nSPS) is 13.9. The van der Waals surface area contributed by atoms with E-state index in [0.29, 0.717) is 71.8 Å². The molecular formula is C34H33F3N6O4. The summed E-state index contributed by atoms with van der Waals surface area (Å²) >= 11 is 0. The highest BCUT2D eigenvalue weighted by Gasteiger charge is 2.36. The van der Waals surface area contributed by atoms with Crippen molar-refractivity contribution in [2.45, 2.75) is 38.4 Å². The number of aromatic nitrogens is 3. The van der Waals surface area contributed by atoms with Gasteiger partial charge in [0.2, 0.25) is 11.9 Å². The van der Waals surface area contributed by atoms with E-state index >= 15 is 0 Å². The molecule has 2 N–H and O–H groups in total. The number of anilines is 3. The first kappa shape index (κ1) is 31.6. The SMILES string of the molecule is CCC(=O)NC1CCN(c2ccc(Nc3ncc4cc(Oc5ccnc6cc(OC)c(OC)cc56)ccc4n3)cc2C(F)(F)F)CC1. The first-order chi connectivity index (χ1) is 22.6. The molecule has 3 heterocycles. The van der Waals surface area contributed by atoms with Gasteiger partial charge in [-0.2, -0.15) is 13.2 Å². The second-order valence-electron chi connectivity index (χ2n) is 11.1. The number of fused-ring (bicyclic) bond motifs is 2. The fraction of sp³-hybridized carbons (Fsp3) is 0.294. The minimum atomic E-state index is -4.57. The van der Waals surface area contributed by atoms with E-state index < -0.39 is 11.7 Å². The third kappa shape index (κ3) is 6.93. The van der Waals surface area contributed by atoms with E-state index in [9.17, 15) is 18.0 Å². The van der Waals surface area contributed by atoms with Gasteiger partial charge in [-0.25, -0.2) is 9.97 Å². The molecule has 0 aliphatic carbocycles. The molecule has 0 bridgehead atoms. The van der Waals surface area contributed by atoms with Crippen molar-refractivity contribution in [3.63, 3.8) is 0 Å². The molecule has 5 aromatic rings. The summed E-state index contributed by atoms with van der Waals surface area (Å²) in [7, 11) is 3.11. The zero-order valence-corrected chi connectivity index (χ0v) is 26.0. The molecule has 47 heavy (non-hydrogen) atoms. The van der Waals surface area contributed by atoms with E-state index in [1.54, 1.807) is 80.9 Å². The minimum Gasteiger partial charge on any atom is -0.493 e. The van der Waals surface area contributed by atoms with Crippen molar-refractivity contribution in [1.82, 2.24) is 20.3 Å². The van der Waals surface area contributed by atoms with Crippen LogP contribution in [0.5, 0.6) is 23.0 Å². The maximum Gasteiger partial charge on any atom is 0.418 e. The Morgan fingerprint density at radius 3 is 2.43 bits per heavy atom. The Kier molecular flexibility index (Phi) is 8.88. The van der Waals surface area contributed by atoms with Gasteiger partial charge in [0.25, 0.3) is 0 Å². The number of carbonyl (C=O) groups is 1. The number of carbonyl (C=O) groups excluding carboxylic acids is 1. The molecule has 1 amide bonds. The van der Waals surface area contributed by atoms with Crippen LogP contribution in [-0.4, -0.2) is 54.2 Å². The summed E-state index contributed by atoms with van der Waals surface area (Å²) in [5, 5.41) is 7.26. The molecule has 0 saturated carbocycles. The van der Waals surface area contributed by atoms with Gasteiger partial charge < -0.3 is 29.7 Å². The summed E-state index contributed by atoms with van der Waals surface area (Å²) in [6.45, 7) is 2.58. The lowest BCUT2D eigenvalue weighted by Gasteiger charge is -2.35. The number of nitrogens with one attached hydrogen (secondary N) is 2. The van der Waals surface area contributed by atoms with Crippen molar-refractivity contribution in [1.29, 1.82) is 0 Å². The number of rotatable bonds is 9.